The van der Waals surface area contributed by atoms with Gasteiger partial charge in [-0.1, -0.05) is 6.92 Å². The van der Waals surface area contributed by atoms with Crippen molar-refractivity contribution in [1.82, 2.24) is 4.98 Å². The standard InChI is InChI=1S/C20H24N2O3/c1-15(17-8-12-24-13-9-17)20(23)22-18-2-4-19(5-3-18)25-14-16-6-10-21-11-7-16/h2-7,10-11,15,17H,8-9,12-14H2,1H3,(H,22,23)/t15-/m1/s1. The molecule has 1 atom stereocenters. The summed E-state index contributed by atoms with van der Waals surface area (Å²) < 4.78 is 11.1. The Morgan fingerprint density at radius 1 is 1.20 bits per heavy atom. The van der Waals surface area contributed by atoms with Gasteiger partial charge in [0, 0.05) is 37.2 Å². The number of pyridine rings is 1. The van der Waals surface area contributed by atoms with Crippen LogP contribution in [0.5, 0.6) is 5.75 Å². The van der Waals surface area contributed by atoms with Crippen LogP contribution in [-0.4, -0.2) is 24.1 Å². The summed E-state index contributed by atoms with van der Waals surface area (Å²) >= 11 is 0. The van der Waals surface area contributed by atoms with E-state index in [4.69, 9.17) is 9.47 Å². The minimum Gasteiger partial charge on any atom is -0.489 e. The summed E-state index contributed by atoms with van der Waals surface area (Å²) in [6, 6.07) is 11.3. The molecular formula is C20H24N2O3. The van der Waals surface area contributed by atoms with Crippen molar-refractivity contribution in [2.45, 2.75) is 26.4 Å². The molecule has 2 aromatic rings. The number of hydrogen-bond acceptors (Lipinski definition) is 4. The zero-order chi connectivity index (χ0) is 17.5. The number of nitrogens with one attached hydrogen (secondary N) is 1. The summed E-state index contributed by atoms with van der Waals surface area (Å²) in [6.45, 7) is 4.00. The third-order valence-corrected chi connectivity index (χ3v) is 4.66. The van der Waals surface area contributed by atoms with Crippen LogP contribution in [0.1, 0.15) is 25.3 Å². The number of carbonyl (C=O) groups is 1. The number of amides is 1. The van der Waals surface area contributed by atoms with E-state index in [0.717, 1.165) is 43.1 Å². The van der Waals surface area contributed by atoms with Crippen molar-refractivity contribution in [1.29, 1.82) is 0 Å². The van der Waals surface area contributed by atoms with E-state index in [1.807, 2.05) is 43.3 Å². The minimum absolute atomic E-state index is 0.00785. The molecule has 1 N–H and O–H groups in total. The number of hydrogen-bond donors (Lipinski definition) is 1. The lowest BCUT2D eigenvalue weighted by Gasteiger charge is -2.26. The molecule has 0 spiro atoms. The molecule has 1 aliphatic rings. The van der Waals surface area contributed by atoms with Gasteiger partial charge in [0.25, 0.3) is 0 Å². The Hall–Kier alpha value is -2.40. The average molecular weight is 340 g/mol. The van der Waals surface area contributed by atoms with Gasteiger partial charge in [-0.2, -0.15) is 0 Å². The highest BCUT2D eigenvalue weighted by molar-refractivity contribution is 5.92. The molecule has 1 aliphatic heterocycles. The first kappa shape index (κ1) is 17.4. The highest BCUT2D eigenvalue weighted by Gasteiger charge is 2.25. The molecule has 25 heavy (non-hydrogen) atoms. The maximum absolute atomic E-state index is 12.4. The van der Waals surface area contributed by atoms with Gasteiger partial charge < -0.3 is 14.8 Å². The molecule has 3 rings (SSSR count). The van der Waals surface area contributed by atoms with Crippen LogP contribution in [0.15, 0.2) is 48.8 Å². The lowest BCUT2D eigenvalue weighted by atomic mass is 9.87. The predicted octanol–water partition coefficient (Wildman–Crippen LogP) is 3.66. The highest BCUT2D eigenvalue weighted by Crippen LogP contribution is 2.25. The van der Waals surface area contributed by atoms with Gasteiger partial charge in [0.15, 0.2) is 0 Å². The smallest absolute Gasteiger partial charge is 0.227 e. The van der Waals surface area contributed by atoms with Gasteiger partial charge in [-0.05, 0) is 60.7 Å². The largest absolute Gasteiger partial charge is 0.489 e. The lowest BCUT2D eigenvalue weighted by molar-refractivity contribution is -0.122. The second kappa shape index (κ2) is 8.62. The van der Waals surface area contributed by atoms with E-state index in [2.05, 4.69) is 10.3 Å². The Morgan fingerprint density at radius 3 is 2.56 bits per heavy atom. The van der Waals surface area contributed by atoms with Gasteiger partial charge >= 0.3 is 0 Å². The molecule has 0 aliphatic carbocycles. The summed E-state index contributed by atoms with van der Waals surface area (Å²) in [4.78, 5) is 16.4. The Bertz CT molecular complexity index is 667. The molecule has 0 saturated carbocycles. The molecule has 5 nitrogen and oxygen atoms in total. The second-order valence-electron chi connectivity index (χ2n) is 6.40. The zero-order valence-corrected chi connectivity index (χ0v) is 14.5. The highest BCUT2D eigenvalue weighted by atomic mass is 16.5. The summed E-state index contributed by atoms with van der Waals surface area (Å²) in [7, 11) is 0. The van der Waals surface area contributed by atoms with Crippen molar-refractivity contribution < 1.29 is 14.3 Å². The van der Waals surface area contributed by atoms with E-state index in [1.54, 1.807) is 12.4 Å². The van der Waals surface area contributed by atoms with Crippen molar-refractivity contribution in [3.05, 3.63) is 54.4 Å². The normalized spacial score (nSPS) is 16.2. The Morgan fingerprint density at radius 2 is 1.88 bits per heavy atom. The topological polar surface area (TPSA) is 60.5 Å². The fraction of sp³-hybridized carbons (Fsp3) is 0.400. The molecule has 1 fully saturated rings. The first-order chi connectivity index (χ1) is 12.2. The molecule has 1 amide bonds. The molecule has 2 heterocycles. The van der Waals surface area contributed by atoms with Gasteiger partial charge in [-0.25, -0.2) is 0 Å². The second-order valence-corrected chi connectivity index (χ2v) is 6.40. The van der Waals surface area contributed by atoms with Gasteiger partial charge in [-0.3, -0.25) is 9.78 Å². The first-order valence-corrected chi connectivity index (χ1v) is 8.73. The molecule has 0 bridgehead atoms. The van der Waals surface area contributed by atoms with Crippen molar-refractivity contribution in [2.75, 3.05) is 18.5 Å². The number of rotatable bonds is 6. The summed E-state index contributed by atoms with van der Waals surface area (Å²) in [5, 5.41) is 3.00. The molecule has 132 valence electrons. The maximum Gasteiger partial charge on any atom is 0.227 e. The number of benzene rings is 1. The van der Waals surface area contributed by atoms with Gasteiger partial charge in [0.2, 0.25) is 5.91 Å². The van der Waals surface area contributed by atoms with Crippen LogP contribution in [0, 0.1) is 11.8 Å². The van der Waals surface area contributed by atoms with E-state index in [9.17, 15) is 4.79 Å². The van der Waals surface area contributed by atoms with Crippen molar-refractivity contribution in [3.8, 4) is 5.75 Å². The average Bonchev–Trinajstić information content (AvgIpc) is 2.68. The molecule has 1 aromatic heterocycles. The number of nitrogens with zero attached hydrogens (tertiary/aromatic N) is 1. The van der Waals surface area contributed by atoms with E-state index in [1.165, 1.54) is 0 Å². The third-order valence-electron chi connectivity index (χ3n) is 4.66. The van der Waals surface area contributed by atoms with E-state index in [-0.39, 0.29) is 11.8 Å². The summed E-state index contributed by atoms with van der Waals surface area (Å²) in [5.41, 5.74) is 1.86. The number of aromatic nitrogens is 1. The van der Waals surface area contributed by atoms with Crippen LogP contribution in [0.2, 0.25) is 0 Å². The third kappa shape index (κ3) is 5.03. The molecule has 0 unspecified atom stereocenters. The van der Waals surface area contributed by atoms with Crippen molar-refractivity contribution in [2.24, 2.45) is 11.8 Å². The monoisotopic (exact) mass is 340 g/mol. The fourth-order valence-electron chi connectivity index (χ4n) is 2.97. The van der Waals surface area contributed by atoms with Gasteiger partial charge in [0.05, 0.1) is 0 Å². The van der Waals surface area contributed by atoms with Crippen LogP contribution in [0.4, 0.5) is 5.69 Å². The molecule has 5 heteroatoms. The van der Waals surface area contributed by atoms with Crippen molar-refractivity contribution in [3.63, 3.8) is 0 Å². The van der Waals surface area contributed by atoms with E-state index < -0.39 is 0 Å². The number of ether oxygens (including phenoxy) is 2. The summed E-state index contributed by atoms with van der Waals surface area (Å²) in [6.07, 6.45) is 5.40. The SMILES string of the molecule is C[C@@H](C(=O)Nc1ccc(OCc2ccncc2)cc1)C1CCOCC1. The minimum atomic E-state index is -0.00785. The van der Waals surface area contributed by atoms with Crippen LogP contribution in [0.3, 0.4) is 0 Å². The van der Waals surface area contributed by atoms with Crippen LogP contribution in [0.25, 0.3) is 0 Å². The Labute approximate surface area is 148 Å². The molecule has 1 saturated heterocycles. The summed E-state index contributed by atoms with van der Waals surface area (Å²) in [5.74, 6) is 1.23. The number of carbonyl (C=O) groups excluding carboxylic acids is 1. The first-order valence-electron chi connectivity index (χ1n) is 8.73. The van der Waals surface area contributed by atoms with Gasteiger partial charge in [-0.15, -0.1) is 0 Å². The maximum atomic E-state index is 12.4. The number of anilines is 1. The van der Waals surface area contributed by atoms with Crippen LogP contribution in [-0.2, 0) is 16.1 Å². The van der Waals surface area contributed by atoms with E-state index >= 15 is 0 Å². The van der Waals surface area contributed by atoms with E-state index in [0.29, 0.717) is 12.5 Å². The quantitative estimate of drug-likeness (QED) is 0.872. The Balaban J connectivity index is 1.50. The van der Waals surface area contributed by atoms with Crippen LogP contribution >= 0.6 is 0 Å². The van der Waals surface area contributed by atoms with Crippen LogP contribution < -0.4 is 10.1 Å². The van der Waals surface area contributed by atoms with Crippen molar-refractivity contribution >= 4 is 11.6 Å². The van der Waals surface area contributed by atoms with Gasteiger partial charge in [0.1, 0.15) is 12.4 Å². The molecule has 0 radical (unpaired) electrons. The molecule has 1 aromatic carbocycles. The zero-order valence-electron chi connectivity index (χ0n) is 14.5. The molecular weight excluding hydrogens is 316 g/mol. The predicted molar refractivity (Wildman–Crippen MR) is 96.3 cm³/mol. The lowest BCUT2D eigenvalue weighted by Crippen LogP contribution is -2.30. The fourth-order valence-corrected chi connectivity index (χ4v) is 2.97. The Kier molecular flexibility index (Phi) is 6.01.